The Kier molecular flexibility index (Phi) is 8.67. The molecule has 0 radical (unpaired) electrons. The van der Waals surface area contributed by atoms with E-state index in [1.54, 1.807) is 0 Å². The molecular weight excluding hydrogens is 326 g/mol. The summed E-state index contributed by atoms with van der Waals surface area (Å²) in [4.78, 5) is 24.6. The molecule has 2 aliphatic carbocycles. The van der Waals surface area contributed by atoms with Gasteiger partial charge in [-0.2, -0.15) is 0 Å². The summed E-state index contributed by atoms with van der Waals surface area (Å²) in [6.45, 7) is 4.02. The Morgan fingerprint density at radius 3 is 1.65 bits per heavy atom. The summed E-state index contributed by atoms with van der Waals surface area (Å²) < 4.78 is 0. The summed E-state index contributed by atoms with van der Waals surface area (Å²) in [5.74, 6) is -1.88. The van der Waals surface area contributed by atoms with E-state index in [1.807, 2.05) is 13.8 Å². The van der Waals surface area contributed by atoms with Crippen LogP contribution in [0.15, 0.2) is 11.1 Å². The molecule has 4 nitrogen and oxygen atoms in total. The van der Waals surface area contributed by atoms with Crippen molar-refractivity contribution in [2.45, 2.75) is 103 Å². The van der Waals surface area contributed by atoms with Crippen LogP contribution in [0, 0.1) is 11.8 Å². The van der Waals surface area contributed by atoms with Gasteiger partial charge in [-0.1, -0.05) is 68.9 Å². The number of amides is 1. The van der Waals surface area contributed by atoms with Crippen LogP contribution in [-0.2, 0) is 9.59 Å². The SMILES string of the molecule is CC1=C(C)CC(C(=O)NC2CCCCCCCCCCC2)C(C(=O)O)C1. The van der Waals surface area contributed by atoms with Gasteiger partial charge in [0.25, 0.3) is 0 Å². The van der Waals surface area contributed by atoms with Gasteiger partial charge in [-0.15, -0.1) is 0 Å². The molecule has 0 saturated heterocycles. The van der Waals surface area contributed by atoms with Crippen molar-refractivity contribution < 1.29 is 14.7 Å². The molecule has 0 spiro atoms. The minimum Gasteiger partial charge on any atom is -0.481 e. The normalized spacial score (nSPS) is 27.3. The molecule has 1 fully saturated rings. The molecule has 0 aromatic carbocycles. The maximum Gasteiger partial charge on any atom is 0.307 e. The zero-order chi connectivity index (χ0) is 18.9. The number of hydrogen-bond donors (Lipinski definition) is 2. The first-order valence-corrected chi connectivity index (χ1v) is 10.7. The van der Waals surface area contributed by atoms with Crippen molar-refractivity contribution in [3.05, 3.63) is 11.1 Å². The molecule has 0 aromatic rings. The third-order valence-corrected chi connectivity index (χ3v) is 6.37. The summed E-state index contributed by atoms with van der Waals surface area (Å²) in [6.07, 6.45) is 14.6. The molecule has 148 valence electrons. The highest BCUT2D eigenvalue weighted by Gasteiger charge is 2.37. The maximum absolute atomic E-state index is 12.9. The molecule has 2 N–H and O–H groups in total. The zero-order valence-corrected chi connectivity index (χ0v) is 16.7. The summed E-state index contributed by atoms with van der Waals surface area (Å²) in [7, 11) is 0. The Hall–Kier alpha value is -1.32. The second kappa shape index (κ2) is 10.7. The average molecular weight is 364 g/mol. The lowest BCUT2D eigenvalue weighted by Crippen LogP contribution is -2.44. The first-order chi connectivity index (χ1) is 12.5. The highest BCUT2D eigenvalue weighted by molar-refractivity contribution is 5.85. The number of rotatable bonds is 3. The number of carbonyl (C=O) groups is 2. The van der Waals surface area contributed by atoms with Gasteiger partial charge in [0.2, 0.25) is 5.91 Å². The molecule has 2 aliphatic rings. The second-order valence-corrected chi connectivity index (χ2v) is 8.48. The van der Waals surface area contributed by atoms with E-state index in [1.165, 1.54) is 50.5 Å². The molecule has 1 saturated carbocycles. The fourth-order valence-electron chi connectivity index (χ4n) is 4.44. The van der Waals surface area contributed by atoms with Crippen LogP contribution in [0.25, 0.3) is 0 Å². The number of carbonyl (C=O) groups excluding carboxylic acids is 1. The van der Waals surface area contributed by atoms with Gasteiger partial charge in [-0.3, -0.25) is 9.59 Å². The summed E-state index contributed by atoms with van der Waals surface area (Å²) in [5, 5.41) is 12.8. The highest BCUT2D eigenvalue weighted by atomic mass is 16.4. The number of allylic oxidation sites excluding steroid dienone is 2. The number of carboxylic acids is 1. The fraction of sp³-hybridized carbons (Fsp3) is 0.818. The summed E-state index contributed by atoms with van der Waals surface area (Å²) in [5.41, 5.74) is 2.31. The highest BCUT2D eigenvalue weighted by Crippen LogP contribution is 2.34. The zero-order valence-electron chi connectivity index (χ0n) is 16.7. The van der Waals surface area contributed by atoms with Gasteiger partial charge in [0.05, 0.1) is 11.8 Å². The van der Waals surface area contributed by atoms with Gasteiger partial charge in [0.15, 0.2) is 0 Å². The summed E-state index contributed by atoms with van der Waals surface area (Å²) >= 11 is 0. The predicted octanol–water partition coefficient (Wildman–Crippen LogP) is 5.22. The molecular formula is C22H37NO3. The van der Waals surface area contributed by atoms with Crippen molar-refractivity contribution in [3.63, 3.8) is 0 Å². The number of carboxylic acid groups (broad SMARTS) is 1. The smallest absolute Gasteiger partial charge is 0.307 e. The van der Waals surface area contributed by atoms with Crippen LogP contribution >= 0.6 is 0 Å². The van der Waals surface area contributed by atoms with E-state index in [0.29, 0.717) is 12.8 Å². The van der Waals surface area contributed by atoms with Crippen LogP contribution in [0.5, 0.6) is 0 Å². The van der Waals surface area contributed by atoms with Crippen LogP contribution in [0.4, 0.5) is 0 Å². The topological polar surface area (TPSA) is 66.4 Å². The van der Waals surface area contributed by atoms with Gasteiger partial charge in [-0.05, 0) is 39.5 Å². The lowest BCUT2D eigenvalue weighted by Gasteiger charge is -2.31. The molecule has 2 rings (SSSR count). The molecule has 0 heterocycles. The molecule has 0 bridgehead atoms. The van der Waals surface area contributed by atoms with Crippen molar-refractivity contribution >= 4 is 11.9 Å². The van der Waals surface area contributed by atoms with Gasteiger partial charge in [0, 0.05) is 6.04 Å². The predicted molar refractivity (Wildman–Crippen MR) is 105 cm³/mol. The van der Waals surface area contributed by atoms with Crippen molar-refractivity contribution in [1.82, 2.24) is 5.32 Å². The van der Waals surface area contributed by atoms with E-state index >= 15 is 0 Å². The average Bonchev–Trinajstić information content (AvgIpc) is 2.59. The van der Waals surface area contributed by atoms with Crippen molar-refractivity contribution in [1.29, 1.82) is 0 Å². The molecule has 0 aliphatic heterocycles. The first kappa shape index (κ1) is 21.0. The van der Waals surface area contributed by atoms with Crippen LogP contribution in [0.1, 0.15) is 97.3 Å². The Morgan fingerprint density at radius 1 is 0.769 bits per heavy atom. The van der Waals surface area contributed by atoms with Gasteiger partial charge in [0.1, 0.15) is 0 Å². The first-order valence-electron chi connectivity index (χ1n) is 10.7. The van der Waals surface area contributed by atoms with E-state index in [0.717, 1.165) is 31.3 Å². The number of aliphatic carboxylic acids is 1. The van der Waals surface area contributed by atoms with Gasteiger partial charge < -0.3 is 10.4 Å². The quantitative estimate of drug-likeness (QED) is 0.675. The van der Waals surface area contributed by atoms with Crippen molar-refractivity contribution in [2.75, 3.05) is 0 Å². The largest absolute Gasteiger partial charge is 0.481 e. The van der Waals surface area contributed by atoms with E-state index in [-0.39, 0.29) is 11.9 Å². The molecule has 1 amide bonds. The molecule has 2 unspecified atom stereocenters. The number of hydrogen-bond acceptors (Lipinski definition) is 2. The van der Waals surface area contributed by atoms with Crippen molar-refractivity contribution in [3.8, 4) is 0 Å². The Balaban J connectivity index is 1.96. The van der Waals surface area contributed by atoms with E-state index in [9.17, 15) is 14.7 Å². The Bertz CT molecular complexity index is 500. The standard InChI is InChI=1S/C22H37NO3/c1-16-14-19(20(22(25)26)15-17(16)2)21(24)23-18-12-10-8-6-4-3-5-7-9-11-13-18/h18-20H,3-15H2,1-2H3,(H,23,24)(H,25,26). The molecule has 26 heavy (non-hydrogen) atoms. The monoisotopic (exact) mass is 363 g/mol. The van der Waals surface area contributed by atoms with Gasteiger partial charge in [-0.25, -0.2) is 0 Å². The minimum atomic E-state index is -0.837. The summed E-state index contributed by atoms with van der Waals surface area (Å²) in [6, 6.07) is 0.212. The van der Waals surface area contributed by atoms with E-state index in [2.05, 4.69) is 5.32 Å². The number of nitrogens with one attached hydrogen (secondary N) is 1. The Morgan fingerprint density at radius 2 is 1.19 bits per heavy atom. The minimum absolute atomic E-state index is 0.0404. The second-order valence-electron chi connectivity index (χ2n) is 8.48. The molecule has 2 atom stereocenters. The Labute approximate surface area is 158 Å². The van der Waals surface area contributed by atoms with E-state index < -0.39 is 17.8 Å². The van der Waals surface area contributed by atoms with Crippen molar-refractivity contribution in [2.24, 2.45) is 11.8 Å². The third kappa shape index (κ3) is 6.44. The van der Waals surface area contributed by atoms with Crippen LogP contribution in [-0.4, -0.2) is 23.0 Å². The van der Waals surface area contributed by atoms with Gasteiger partial charge >= 0.3 is 5.97 Å². The third-order valence-electron chi connectivity index (χ3n) is 6.37. The molecule has 0 aromatic heterocycles. The maximum atomic E-state index is 12.9. The lowest BCUT2D eigenvalue weighted by molar-refractivity contribution is -0.147. The lowest BCUT2D eigenvalue weighted by atomic mass is 9.76. The van der Waals surface area contributed by atoms with E-state index in [4.69, 9.17) is 0 Å². The molecule has 4 heteroatoms. The van der Waals surface area contributed by atoms with Crippen LogP contribution in [0.3, 0.4) is 0 Å². The fourth-order valence-corrected chi connectivity index (χ4v) is 4.44. The van der Waals surface area contributed by atoms with Crippen LogP contribution in [0.2, 0.25) is 0 Å². The van der Waals surface area contributed by atoms with Crippen LogP contribution < -0.4 is 5.32 Å².